The van der Waals surface area contributed by atoms with E-state index >= 15 is 0 Å². The lowest BCUT2D eigenvalue weighted by molar-refractivity contribution is -0.141. The minimum absolute atomic E-state index is 0.0708. The number of amides is 1. The number of nitrogens with one attached hydrogen (secondary N) is 1. The van der Waals surface area contributed by atoms with Crippen LogP contribution < -0.4 is 5.32 Å². The van der Waals surface area contributed by atoms with E-state index in [2.05, 4.69) is 33.9 Å². The molecule has 0 aromatic heterocycles. The van der Waals surface area contributed by atoms with Crippen LogP contribution >= 0.6 is 28.6 Å². The van der Waals surface area contributed by atoms with E-state index in [0.29, 0.717) is 0 Å². The SMILES string of the molecule is O=C(Cc1ccc(Br)cc1)NC(CS)C(=O)O. The summed E-state index contributed by atoms with van der Waals surface area (Å²) in [4.78, 5) is 22.2. The molecule has 4 nitrogen and oxygen atoms in total. The molecule has 92 valence electrons. The second-order valence-electron chi connectivity index (χ2n) is 3.44. The smallest absolute Gasteiger partial charge is 0.327 e. The van der Waals surface area contributed by atoms with Gasteiger partial charge in [-0.3, -0.25) is 4.79 Å². The summed E-state index contributed by atoms with van der Waals surface area (Å²) >= 11 is 7.16. The number of carboxylic acids is 1. The van der Waals surface area contributed by atoms with Gasteiger partial charge in [-0.15, -0.1) is 0 Å². The molecule has 6 heteroatoms. The average molecular weight is 318 g/mol. The van der Waals surface area contributed by atoms with Crippen molar-refractivity contribution in [3.05, 3.63) is 34.3 Å². The van der Waals surface area contributed by atoms with Gasteiger partial charge in [-0.05, 0) is 17.7 Å². The van der Waals surface area contributed by atoms with E-state index < -0.39 is 12.0 Å². The molecule has 0 spiro atoms. The van der Waals surface area contributed by atoms with Gasteiger partial charge in [0.25, 0.3) is 0 Å². The van der Waals surface area contributed by atoms with Crippen molar-refractivity contribution in [2.45, 2.75) is 12.5 Å². The van der Waals surface area contributed by atoms with Crippen molar-refractivity contribution < 1.29 is 14.7 Å². The highest BCUT2D eigenvalue weighted by Crippen LogP contribution is 2.10. The molecule has 0 saturated carbocycles. The number of aliphatic carboxylic acids is 1. The second kappa shape index (κ2) is 6.66. The number of halogens is 1. The molecule has 0 bridgehead atoms. The Morgan fingerprint density at radius 2 is 1.94 bits per heavy atom. The van der Waals surface area contributed by atoms with Crippen molar-refractivity contribution in [1.82, 2.24) is 5.32 Å². The van der Waals surface area contributed by atoms with Gasteiger partial charge >= 0.3 is 5.97 Å². The topological polar surface area (TPSA) is 66.4 Å². The molecule has 1 rings (SSSR count). The van der Waals surface area contributed by atoms with Crippen LogP contribution in [0.4, 0.5) is 0 Å². The molecule has 0 aliphatic rings. The van der Waals surface area contributed by atoms with Crippen molar-refractivity contribution in [2.24, 2.45) is 0 Å². The molecule has 1 aromatic carbocycles. The molecule has 0 aliphatic heterocycles. The van der Waals surface area contributed by atoms with Crippen molar-refractivity contribution >= 4 is 40.4 Å². The summed E-state index contributed by atoms with van der Waals surface area (Å²) in [6.45, 7) is 0. The normalized spacial score (nSPS) is 11.9. The molecule has 0 heterocycles. The summed E-state index contributed by atoms with van der Waals surface area (Å²) in [5, 5.41) is 11.2. The Balaban J connectivity index is 2.54. The summed E-state index contributed by atoms with van der Waals surface area (Å²) in [6.07, 6.45) is 0.158. The van der Waals surface area contributed by atoms with Crippen LogP contribution in [0, 0.1) is 0 Å². The number of hydrogen-bond donors (Lipinski definition) is 3. The fourth-order valence-electron chi connectivity index (χ4n) is 1.22. The summed E-state index contributed by atoms with van der Waals surface area (Å²) in [7, 11) is 0. The van der Waals surface area contributed by atoms with Gasteiger partial charge in [0.2, 0.25) is 5.91 Å². The highest BCUT2D eigenvalue weighted by molar-refractivity contribution is 9.10. The maximum Gasteiger partial charge on any atom is 0.327 e. The van der Waals surface area contributed by atoms with E-state index in [4.69, 9.17) is 5.11 Å². The number of carboxylic acid groups (broad SMARTS) is 1. The molecule has 1 amide bonds. The fraction of sp³-hybridized carbons (Fsp3) is 0.273. The van der Waals surface area contributed by atoms with E-state index in [9.17, 15) is 9.59 Å². The van der Waals surface area contributed by atoms with Crippen LogP contribution in [0.15, 0.2) is 28.7 Å². The predicted molar refractivity (Wildman–Crippen MR) is 71.3 cm³/mol. The molecule has 0 aliphatic carbocycles. The molecule has 0 fully saturated rings. The van der Waals surface area contributed by atoms with Crippen LogP contribution in [0.2, 0.25) is 0 Å². The van der Waals surface area contributed by atoms with Crippen molar-refractivity contribution in [2.75, 3.05) is 5.75 Å². The predicted octanol–water partition coefficient (Wildman–Crippen LogP) is 1.49. The van der Waals surface area contributed by atoms with E-state index in [-0.39, 0.29) is 18.1 Å². The quantitative estimate of drug-likeness (QED) is 0.721. The average Bonchev–Trinajstić information content (AvgIpc) is 2.28. The first-order valence-corrected chi connectivity index (χ1v) is 6.33. The zero-order chi connectivity index (χ0) is 12.8. The van der Waals surface area contributed by atoms with Gasteiger partial charge in [-0.2, -0.15) is 12.6 Å². The molecular formula is C11H12BrNO3S. The van der Waals surface area contributed by atoms with E-state index in [1.54, 1.807) is 12.1 Å². The summed E-state index contributed by atoms with van der Waals surface area (Å²) in [5.74, 6) is -1.33. The van der Waals surface area contributed by atoms with Gasteiger partial charge in [0.05, 0.1) is 6.42 Å². The van der Waals surface area contributed by atoms with Gasteiger partial charge in [0.1, 0.15) is 6.04 Å². The minimum Gasteiger partial charge on any atom is -0.480 e. The maximum absolute atomic E-state index is 11.6. The Morgan fingerprint density at radius 3 is 2.41 bits per heavy atom. The van der Waals surface area contributed by atoms with Crippen LogP contribution in [0.25, 0.3) is 0 Å². The first-order chi connectivity index (χ1) is 8.02. The van der Waals surface area contributed by atoms with Gasteiger partial charge in [0, 0.05) is 10.2 Å². The number of thiol groups is 1. The van der Waals surface area contributed by atoms with Crippen LogP contribution in [-0.2, 0) is 16.0 Å². The molecule has 0 radical (unpaired) electrons. The molecule has 1 atom stereocenters. The van der Waals surface area contributed by atoms with E-state index in [1.807, 2.05) is 12.1 Å². The Bertz CT molecular complexity index is 408. The van der Waals surface area contributed by atoms with Crippen LogP contribution in [0.5, 0.6) is 0 Å². The van der Waals surface area contributed by atoms with Gasteiger partial charge < -0.3 is 10.4 Å². The third kappa shape index (κ3) is 4.79. The van der Waals surface area contributed by atoms with E-state index in [0.717, 1.165) is 10.0 Å². The fourth-order valence-corrected chi connectivity index (χ4v) is 1.73. The summed E-state index contributed by atoms with van der Waals surface area (Å²) in [5.41, 5.74) is 0.828. The van der Waals surface area contributed by atoms with Crippen LogP contribution in [-0.4, -0.2) is 28.8 Å². The Morgan fingerprint density at radius 1 is 1.35 bits per heavy atom. The molecule has 1 unspecified atom stereocenters. The van der Waals surface area contributed by atoms with Crippen molar-refractivity contribution in [3.8, 4) is 0 Å². The third-order valence-corrected chi connectivity index (χ3v) is 2.99. The molecule has 17 heavy (non-hydrogen) atoms. The Hall–Kier alpha value is -1.01. The van der Waals surface area contributed by atoms with Crippen LogP contribution in [0.1, 0.15) is 5.56 Å². The lowest BCUT2D eigenvalue weighted by Crippen LogP contribution is -2.42. The molecule has 1 aromatic rings. The van der Waals surface area contributed by atoms with Crippen molar-refractivity contribution in [3.63, 3.8) is 0 Å². The number of carbonyl (C=O) groups excluding carboxylic acids is 1. The van der Waals surface area contributed by atoms with Gasteiger partial charge in [-0.1, -0.05) is 28.1 Å². The first-order valence-electron chi connectivity index (χ1n) is 4.90. The summed E-state index contributed by atoms with van der Waals surface area (Å²) in [6, 6.07) is 6.33. The standard InChI is InChI=1S/C11H12BrNO3S/c12-8-3-1-7(2-4-8)5-10(14)13-9(6-17)11(15)16/h1-4,9,17H,5-6H2,(H,13,14)(H,15,16). The lowest BCUT2D eigenvalue weighted by Gasteiger charge is -2.11. The monoisotopic (exact) mass is 317 g/mol. The maximum atomic E-state index is 11.6. The van der Waals surface area contributed by atoms with Gasteiger partial charge in [-0.25, -0.2) is 4.79 Å². The number of benzene rings is 1. The third-order valence-electron chi connectivity index (χ3n) is 2.09. The first kappa shape index (κ1) is 14.1. The zero-order valence-electron chi connectivity index (χ0n) is 8.89. The van der Waals surface area contributed by atoms with E-state index in [1.165, 1.54) is 0 Å². The number of carbonyl (C=O) groups is 2. The number of rotatable bonds is 5. The van der Waals surface area contributed by atoms with Crippen molar-refractivity contribution in [1.29, 1.82) is 0 Å². The minimum atomic E-state index is -1.08. The van der Waals surface area contributed by atoms with Crippen LogP contribution in [0.3, 0.4) is 0 Å². The molecule has 2 N–H and O–H groups in total. The Labute approximate surface area is 113 Å². The highest BCUT2D eigenvalue weighted by Gasteiger charge is 2.17. The second-order valence-corrected chi connectivity index (χ2v) is 4.72. The largest absolute Gasteiger partial charge is 0.480 e. The number of hydrogen-bond acceptors (Lipinski definition) is 3. The zero-order valence-corrected chi connectivity index (χ0v) is 11.4. The molecule has 0 saturated heterocycles. The summed E-state index contributed by atoms with van der Waals surface area (Å²) < 4.78 is 0.931. The highest BCUT2D eigenvalue weighted by atomic mass is 79.9. The lowest BCUT2D eigenvalue weighted by atomic mass is 10.1. The Kier molecular flexibility index (Phi) is 5.50. The molecular weight excluding hydrogens is 306 g/mol. The van der Waals surface area contributed by atoms with Gasteiger partial charge in [0.15, 0.2) is 0 Å².